The summed E-state index contributed by atoms with van der Waals surface area (Å²) in [5.74, 6) is -0.00888. The molecule has 1 aliphatic rings. The van der Waals surface area contributed by atoms with E-state index in [-0.39, 0.29) is 11.9 Å². The maximum absolute atomic E-state index is 12.8. The molecule has 1 amide bonds. The standard InChI is InChI=1S/C21H22ClN3OS2/c1-14-19(28-21(23-14)17-7-8-18(22)27-17)20(26)24-16-9-11-25(12-10-16)13-15-5-3-2-4-6-15/h2-8,16H,9-13H2,1H3,(H,24,26). The van der Waals surface area contributed by atoms with Crippen LogP contribution in [0.2, 0.25) is 4.34 Å². The number of aromatic nitrogens is 1. The number of nitrogens with one attached hydrogen (secondary N) is 1. The molecule has 0 aliphatic carbocycles. The van der Waals surface area contributed by atoms with Gasteiger partial charge >= 0.3 is 0 Å². The molecule has 4 nitrogen and oxygen atoms in total. The predicted molar refractivity (Wildman–Crippen MR) is 117 cm³/mol. The monoisotopic (exact) mass is 431 g/mol. The van der Waals surface area contributed by atoms with Crippen LogP contribution in [0.3, 0.4) is 0 Å². The van der Waals surface area contributed by atoms with E-state index in [9.17, 15) is 4.79 Å². The molecule has 1 saturated heterocycles. The SMILES string of the molecule is Cc1nc(-c2ccc(Cl)s2)sc1C(=O)NC1CCN(Cc2ccccc2)CC1. The van der Waals surface area contributed by atoms with Gasteiger partial charge in [-0.3, -0.25) is 9.69 Å². The van der Waals surface area contributed by atoms with Crippen molar-refractivity contribution in [1.29, 1.82) is 0 Å². The Morgan fingerprint density at radius 2 is 1.93 bits per heavy atom. The second-order valence-corrected chi connectivity index (χ2v) is 9.76. The Hall–Kier alpha value is -1.73. The molecule has 4 rings (SSSR count). The van der Waals surface area contributed by atoms with Crippen LogP contribution >= 0.6 is 34.3 Å². The first-order chi connectivity index (χ1) is 13.6. The Kier molecular flexibility index (Phi) is 6.11. The molecule has 2 aromatic heterocycles. The molecule has 0 spiro atoms. The molecule has 1 aromatic carbocycles. The molecular weight excluding hydrogens is 410 g/mol. The maximum Gasteiger partial charge on any atom is 0.263 e. The second-order valence-electron chi connectivity index (χ2n) is 7.05. The molecule has 1 fully saturated rings. The van der Waals surface area contributed by atoms with E-state index in [1.165, 1.54) is 28.2 Å². The summed E-state index contributed by atoms with van der Waals surface area (Å²) in [6.07, 6.45) is 1.95. The number of aryl methyl sites for hydroxylation is 1. The van der Waals surface area contributed by atoms with Crippen molar-refractivity contribution in [3.8, 4) is 9.88 Å². The summed E-state index contributed by atoms with van der Waals surface area (Å²) in [5.41, 5.74) is 2.12. The highest BCUT2D eigenvalue weighted by Gasteiger charge is 2.23. The van der Waals surface area contributed by atoms with Crippen molar-refractivity contribution < 1.29 is 4.79 Å². The zero-order valence-corrected chi connectivity index (χ0v) is 18.0. The normalized spacial score (nSPS) is 15.6. The number of nitrogens with zero attached hydrogens (tertiary/aromatic N) is 2. The van der Waals surface area contributed by atoms with Crippen molar-refractivity contribution in [1.82, 2.24) is 15.2 Å². The molecule has 1 N–H and O–H groups in total. The van der Waals surface area contributed by atoms with E-state index >= 15 is 0 Å². The first-order valence-electron chi connectivity index (χ1n) is 9.39. The summed E-state index contributed by atoms with van der Waals surface area (Å²) in [6, 6.07) is 14.6. The first kappa shape index (κ1) is 19.6. The van der Waals surface area contributed by atoms with E-state index in [2.05, 4.69) is 39.5 Å². The van der Waals surface area contributed by atoms with Gasteiger partial charge in [-0.25, -0.2) is 4.98 Å². The molecule has 0 atom stereocenters. The average Bonchev–Trinajstić information content (AvgIpc) is 3.30. The van der Waals surface area contributed by atoms with Gasteiger partial charge in [-0.15, -0.1) is 22.7 Å². The Balaban J connectivity index is 1.33. The van der Waals surface area contributed by atoms with Crippen LogP contribution < -0.4 is 5.32 Å². The van der Waals surface area contributed by atoms with Gasteiger partial charge < -0.3 is 5.32 Å². The molecule has 3 heterocycles. The highest BCUT2D eigenvalue weighted by atomic mass is 35.5. The third-order valence-corrected chi connectivity index (χ3v) is 7.52. The first-order valence-corrected chi connectivity index (χ1v) is 11.4. The molecule has 0 bridgehead atoms. The van der Waals surface area contributed by atoms with Gasteiger partial charge in [-0.05, 0) is 37.5 Å². The lowest BCUT2D eigenvalue weighted by Gasteiger charge is -2.32. The Labute approximate surface area is 178 Å². The van der Waals surface area contributed by atoms with Gasteiger partial charge in [0.15, 0.2) is 0 Å². The van der Waals surface area contributed by atoms with Gasteiger partial charge in [0, 0.05) is 25.7 Å². The van der Waals surface area contributed by atoms with Crippen molar-refractivity contribution >= 4 is 40.2 Å². The van der Waals surface area contributed by atoms with Crippen molar-refractivity contribution in [3.63, 3.8) is 0 Å². The van der Waals surface area contributed by atoms with Crippen molar-refractivity contribution in [2.45, 2.75) is 32.4 Å². The summed E-state index contributed by atoms with van der Waals surface area (Å²) in [7, 11) is 0. The number of amides is 1. The number of thiazole rings is 1. The van der Waals surface area contributed by atoms with Gasteiger partial charge in [0.2, 0.25) is 0 Å². The van der Waals surface area contributed by atoms with E-state index in [1.54, 1.807) is 0 Å². The fourth-order valence-corrected chi connectivity index (χ4v) is 5.54. The van der Waals surface area contributed by atoms with Crippen LogP contribution in [0.5, 0.6) is 0 Å². The molecule has 1 aliphatic heterocycles. The molecule has 3 aromatic rings. The van der Waals surface area contributed by atoms with Gasteiger partial charge in [-0.1, -0.05) is 41.9 Å². The van der Waals surface area contributed by atoms with Gasteiger partial charge in [0.05, 0.1) is 14.9 Å². The predicted octanol–water partition coefficient (Wildman–Crippen LogP) is 5.23. The minimum absolute atomic E-state index is 0.00888. The number of rotatable bonds is 5. The van der Waals surface area contributed by atoms with Crippen LogP contribution in [-0.2, 0) is 6.54 Å². The minimum Gasteiger partial charge on any atom is -0.348 e. The van der Waals surface area contributed by atoms with E-state index < -0.39 is 0 Å². The van der Waals surface area contributed by atoms with Crippen LogP contribution in [0.15, 0.2) is 42.5 Å². The molecular formula is C21H22ClN3OS2. The number of halogens is 1. The van der Waals surface area contributed by atoms with Crippen molar-refractivity contribution in [2.24, 2.45) is 0 Å². The molecule has 0 radical (unpaired) electrons. The molecule has 7 heteroatoms. The average molecular weight is 432 g/mol. The number of carbonyl (C=O) groups is 1. The van der Waals surface area contributed by atoms with Crippen LogP contribution in [-0.4, -0.2) is 34.9 Å². The highest BCUT2D eigenvalue weighted by molar-refractivity contribution is 7.24. The van der Waals surface area contributed by atoms with Crippen LogP contribution in [0.1, 0.15) is 33.8 Å². The van der Waals surface area contributed by atoms with E-state index in [0.29, 0.717) is 4.88 Å². The summed E-state index contributed by atoms with van der Waals surface area (Å²) in [6.45, 7) is 4.87. The van der Waals surface area contributed by atoms with Crippen molar-refractivity contribution in [3.05, 3.63) is 62.9 Å². The number of benzene rings is 1. The van der Waals surface area contributed by atoms with Crippen LogP contribution in [0, 0.1) is 6.92 Å². The van der Waals surface area contributed by atoms with Crippen LogP contribution in [0.4, 0.5) is 0 Å². The van der Waals surface area contributed by atoms with Crippen molar-refractivity contribution in [2.75, 3.05) is 13.1 Å². The summed E-state index contributed by atoms with van der Waals surface area (Å²) < 4.78 is 0.733. The second kappa shape index (κ2) is 8.74. The lowest BCUT2D eigenvalue weighted by molar-refractivity contribution is 0.0912. The number of thiophene rings is 1. The van der Waals surface area contributed by atoms with Crippen LogP contribution in [0.25, 0.3) is 9.88 Å². The number of hydrogen-bond acceptors (Lipinski definition) is 5. The third kappa shape index (κ3) is 4.63. The van der Waals surface area contributed by atoms with E-state index in [4.69, 9.17) is 11.6 Å². The fourth-order valence-electron chi connectivity index (χ4n) is 3.47. The molecule has 0 saturated carbocycles. The van der Waals surface area contributed by atoms with Gasteiger partial charge in [0.25, 0.3) is 5.91 Å². The third-order valence-electron chi connectivity index (χ3n) is 4.96. The summed E-state index contributed by atoms with van der Waals surface area (Å²) in [5, 5.41) is 4.07. The largest absolute Gasteiger partial charge is 0.348 e. The Morgan fingerprint density at radius 1 is 1.18 bits per heavy atom. The summed E-state index contributed by atoms with van der Waals surface area (Å²) in [4.78, 5) is 21.5. The number of likely N-dealkylation sites (tertiary alicyclic amines) is 1. The number of carbonyl (C=O) groups excluding carboxylic acids is 1. The highest BCUT2D eigenvalue weighted by Crippen LogP contribution is 2.35. The minimum atomic E-state index is -0.00888. The fraction of sp³-hybridized carbons (Fsp3) is 0.333. The lowest BCUT2D eigenvalue weighted by Crippen LogP contribution is -2.44. The molecule has 28 heavy (non-hydrogen) atoms. The topological polar surface area (TPSA) is 45.2 Å². The van der Waals surface area contributed by atoms with E-state index in [0.717, 1.165) is 52.4 Å². The summed E-state index contributed by atoms with van der Waals surface area (Å²) >= 11 is 8.95. The quantitative estimate of drug-likeness (QED) is 0.601. The van der Waals surface area contributed by atoms with E-state index in [1.807, 2.05) is 25.1 Å². The Morgan fingerprint density at radius 3 is 2.61 bits per heavy atom. The number of piperidine rings is 1. The molecule has 146 valence electrons. The number of hydrogen-bond donors (Lipinski definition) is 1. The van der Waals surface area contributed by atoms with Gasteiger partial charge in [-0.2, -0.15) is 0 Å². The zero-order chi connectivity index (χ0) is 19.5. The smallest absolute Gasteiger partial charge is 0.263 e. The van der Waals surface area contributed by atoms with Gasteiger partial charge in [0.1, 0.15) is 9.88 Å². The Bertz CT molecular complexity index is 946. The zero-order valence-electron chi connectivity index (χ0n) is 15.7. The maximum atomic E-state index is 12.8. The molecule has 0 unspecified atom stereocenters. The lowest BCUT2D eigenvalue weighted by atomic mass is 10.0.